The second-order valence-corrected chi connectivity index (χ2v) is 7.87. The van der Waals surface area contributed by atoms with Crippen molar-refractivity contribution in [3.63, 3.8) is 0 Å². The third kappa shape index (κ3) is 6.92. The van der Waals surface area contributed by atoms with E-state index in [1.54, 1.807) is 12.1 Å². The summed E-state index contributed by atoms with van der Waals surface area (Å²) < 4.78 is 10.7. The SMILES string of the molecule is CCCCCCCCC1(O)O[C@H](CO)[C@@H](O)[C@H](O)[C@H]1NC(=O)OCc1ccccc1. The molecule has 1 amide bonds. The summed E-state index contributed by atoms with van der Waals surface area (Å²) in [6.45, 7) is 1.59. The van der Waals surface area contributed by atoms with E-state index in [1.165, 1.54) is 0 Å². The molecular weight excluding hydrogens is 390 g/mol. The van der Waals surface area contributed by atoms with E-state index in [4.69, 9.17) is 9.47 Å². The number of carbonyl (C=O) groups is 1. The molecule has 1 aromatic rings. The molecule has 5 N–H and O–H groups in total. The first kappa shape index (κ1) is 24.6. The van der Waals surface area contributed by atoms with Crippen molar-refractivity contribution in [1.29, 1.82) is 0 Å². The molecule has 1 heterocycles. The van der Waals surface area contributed by atoms with Crippen LogP contribution in [0.4, 0.5) is 4.79 Å². The highest BCUT2D eigenvalue weighted by Gasteiger charge is 2.53. The molecule has 8 heteroatoms. The van der Waals surface area contributed by atoms with Gasteiger partial charge < -0.3 is 35.2 Å². The minimum atomic E-state index is -1.93. The first-order valence-corrected chi connectivity index (χ1v) is 10.8. The average molecular weight is 426 g/mol. The monoisotopic (exact) mass is 425 g/mol. The minimum absolute atomic E-state index is 0.0218. The molecule has 0 bridgehead atoms. The van der Waals surface area contributed by atoms with Crippen molar-refractivity contribution in [2.24, 2.45) is 0 Å². The fourth-order valence-electron chi connectivity index (χ4n) is 3.70. The second kappa shape index (κ2) is 12.2. The normalized spacial score (nSPS) is 28.8. The van der Waals surface area contributed by atoms with Crippen LogP contribution in [0, 0.1) is 0 Å². The number of aliphatic hydroxyl groups is 4. The highest BCUT2D eigenvalue weighted by Crippen LogP contribution is 2.32. The Kier molecular flexibility index (Phi) is 10.0. The molecule has 0 radical (unpaired) electrons. The molecule has 1 aliphatic rings. The maximum atomic E-state index is 12.3. The second-order valence-electron chi connectivity index (χ2n) is 7.87. The van der Waals surface area contributed by atoms with Crippen LogP contribution < -0.4 is 5.32 Å². The molecule has 170 valence electrons. The molecule has 1 aromatic carbocycles. The van der Waals surface area contributed by atoms with E-state index in [0.717, 1.165) is 37.7 Å². The summed E-state index contributed by atoms with van der Waals surface area (Å²) in [7, 11) is 0. The van der Waals surface area contributed by atoms with Gasteiger partial charge in [0, 0.05) is 6.42 Å². The molecule has 1 fully saturated rings. The molecule has 1 saturated heterocycles. The van der Waals surface area contributed by atoms with Gasteiger partial charge in [-0.05, 0) is 12.0 Å². The third-order valence-electron chi connectivity index (χ3n) is 5.47. The van der Waals surface area contributed by atoms with Gasteiger partial charge in [-0.15, -0.1) is 0 Å². The Bertz CT molecular complexity index is 629. The maximum Gasteiger partial charge on any atom is 0.407 e. The molecule has 2 rings (SSSR count). The van der Waals surface area contributed by atoms with E-state index >= 15 is 0 Å². The van der Waals surface area contributed by atoms with Crippen molar-refractivity contribution in [3.05, 3.63) is 35.9 Å². The van der Waals surface area contributed by atoms with Crippen molar-refractivity contribution >= 4 is 6.09 Å². The van der Waals surface area contributed by atoms with Crippen LogP contribution in [0.3, 0.4) is 0 Å². The summed E-state index contributed by atoms with van der Waals surface area (Å²) >= 11 is 0. The van der Waals surface area contributed by atoms with Gasteiger partial charge in [0.25, 0.3) is 0 Å². The van der Waals surface area contributed by atoms with Gasteiger partial charge in [-0.25, -0.2) is 4.79 Å². The summed E-state index contributed by atoms with van der Waals surface area (Å²) in [4.78, 5) is 12.3. The van der Waals surface area contributed by atoms with Crippen LogP contribution in [0.25, 0.3) is 0 Å². The predicted molar refractivity (Wildman–Crippen MR) is 110 cm³/mol. The summed E-state index contributed by atoms with van der Waals surface area (Å²) in [5, 5.41) is 43.7. The lowest BCUT2D eigenvalue weighted by molar-refractivity contribution is -0.320. The predicted octanol–water partition coefficient (Wildman–Crippen LogP) is 1.83. The Morgan fingerprint density at radius 3 is 2.43 bits per heavy atom. The first-order valence-electron chi connectivity index (χ1n) is 10.8. The fourth-order valence-corrected chi connectivity index (χ4v) is 3.70. The Balaban J connectivity index is 1.98. The number of unbranched alkanes of at least 4 members (excludes halogenated alkanes) is 5. The lowest BCUT2D eigenvalue weighted by Gasteiger charge is -2.47. The topological polar surface area (TPSA) is 128 Å². The first-order chi connectivity index (χ1) is 14.4. The van der Waals surface area contributed by atoms with E-state index in [2.05, 4.69) is 12.2 Å². The number of hydrogen-bond donors (Lipinski definition) is 5. The summed E-state index contributed by atoms with van der Waals surface area (Å²) in [5.41, 5.74) is 0.788. The van der Waals surface area contributed by atoms with Crippen molar-refractivity contribution in [3.8, 4) is 0 Å². The Morgan fingerprint density at radius 1 is 1.10 bits per heavy atom. The fraction of sp³-hybridized carbons (Fsp3) is 0.682. The third-order valence-corrected chi connectivity index (χ3v) is 5.47. The zero-order valence-electron chi connectivity index (χ0n) is 17.6. The van der Waals surface area contributed by atoms with E-state index in [1.807, 2.05) is 18.2 Å². The van der Waals surface area contributed by atoms with Crippen LogP contribution in [0.2, 0.25) is 0 Å². The Labute approximate surface area is 177 Å². The van der Waals surface area contributed by atoms with E-state index in [0.29, 0.717) is 6.42 Å². The zero-order valence-corrected chi connectivity index (χ0v) is 17.6. The number of amides is 1. The molecule has 30 heavy (non-hydrogen) atoms. The number of alkyl carbamates (subject to hydrolysis) is 1. The minimum Gasteiger partial charge on any atom is -0.445 e. The van der Waals surface area contributed by atoms with Crippen LogP contribution in [0.1, 0.15) is 57.4 Å². The number of hydrogen-bond acceptors (Lipinski definition) is 7. The number of aliphatic hydroxyl groups excluding tert-OH is 3. The largest absolute Gasteiger partial charge is 0.445 e. The molecule has 5 atom stereocenters. The number of carbonyl (C=O) groups excluding carboxylic acids is 1. The molecule has 0 spiro atoms. The lowest BCUT2D eigenvalue weighted by atomic mass is 9.87. The molecule has 8 nitrogen and oxygen atoms in total. The van der Waals surface area contributed by atoms with Crippen molar-refractivity contribution in [2.75, 3.05) is 6.61 Å². The van der Waals surface area contributed by atoms with Gasteiger partial charge in [-0.1, -0.05) is 69.4 Å². The standard InChI is InChI=1S/C22H35NO7/c1-2-3-4-5-6-10-13-22(28)20(19(26)18(25)17(14-24)30-22)23-21(27)29-15-16-11-8-7-9-12-16/h7-9,11-12,17-20,24-26,28H,2-6,10,13-15H2,1H3,(H,23,27)/t17-,18-,19+,20-,22?/m1/s1. The van der Waals surface area contributed by atoms with Gasteiger partial charge in [-0.2, -0.15) is 0 Å². The molecular formula is C22H35NO7. The van der Waals surface area contributed by atoms with Gasteiger partial charge in [0.15, 0.2) is 5.79 Å². The number of nitrogens with one attached hydrogen (secondary N) is 1. The molecule has 0 aromatic heterocycles. The van der Waals surface area contributed by atoms with Gasteiger partial charge in [-0.3, -0.25) is 0 Å². The van der Waals surface area contributed by atoms with Gasteiger partial charge in [0.1, 0.15) is 31.0 Å². The molecule has 1 unspecified atom stereocenters. The van der Waals surface area contributed by atoms with Gasteiger partial charge in [0.05, 0.1) is 6.61 Å². The highest BCUT2D eigenvalue weighted by atomic mass is 16.6. The van der Waals surface area contributed by atoms with Gasteiger partial charge in [0.2, 0.25) is 0 Å². The lowest BCUT2D eigenvalue weighted by Crippen LogP contribution is -2.70. The quantitative estimate of drug-likeness (QED) is 0.342. The van der Waals surface area contributed by atoms with Crippen molar-refractivity contribution < 1.29 is 34.7 Å². The number of rotatable bonds is 11. The highest BCUT2D eigenvalue weighted by molar-refractivity contribution is 5.68. The molecule has 1 aliphatic heterocycles. The number of benzene rings is 1. The smallest absolute Gasteiger partial charge is 0.407 e. The summed E-state index contributed by atoms with van der Waals surface area (Å²) in [6, 6.07) is 7.79. The number of ether oxygens (including phenoxy) is 2. The maximum absolute atomic E-state index is 12.3. The summed E-state index contributed by atoms with van der Waals surface area (Å²) in [5.74, 6) is -1.93. The average Bonchev–Trinajstić information content (AvgIpc) is 2.75. The zero-order chi connectivity index (χ0) is 22.0. The van der Waals surface area contributed by atoms with Crippen LogP contribution in [-0.4, -0.2) is 63.3 Å². The van der Waals surface area contributed by atoms with Crippen LogP contribution in [0.5, 0.6) is 0 Å². The van der Waals surface area contributed by atoms with Crippen LogP contribution in [0.15, 0.2) is 30.3 Å². The molecule has 0 aliphatic carbocycles. The van der Waals surface area contributed by atoms with E-state index in [9.17, 15) is 25.2 Å². The molecule has 0 saturated carbocycles. The Morgan fingerprint density at radius 2 is 1.77 bits per heavy atom. The van der Waals surface area contributed by atoms with E-state index < -0.39 is 42.8 Å². The van der Waals surface area contributed by atoms with E-state index in [-0.39, 0.29) is 13.0 Å². The van der Waals surface area contributed by atoms with Crippen molar-refractivity contribution in [1.82, 2.24) is 5.32 Å². The summed E-state index contributed by atoms with van der Waals surface area (Å²) in [6.07, 6.45) is 1.03. The van der Waals surface area contributed by atoms with Crippen LogP contribution >= 0.6 is 0 Å². The van der Waals surface area contributed by atoms with Crippen LogP contribution in [-0.2, 0) is 16.1 Å². The van der Waals surface area contributed by atoms with Crippen molar-refractivity contribution in [2.45, 2.75) is 88.6 Å². The van der Waals surface area contributed by atoms with Gasteiger partial charge >= 0.3 is 6.09 Å². The Hall–Kier alpha value is -1.71.